The monoisotopic (exact) mass is 849 g/mol. The molecule has 4 unspecified atom stereocenters. The molecule has 202 valence electrons. The number of anilines is 1. The van der Waals surface area contributed by atoms with Gasteiger partial charge in [0.2, 0.25) is 0 Å². The number of nitrogens with one attached hydrogen (secondary N) is 2. The second-order valence-corrected chi connectivity index (χ2v) is 10.9. The maximum atomic E-state index is 13.3. The molecule has 1 fully saturated rings. The molecule has 8 N–H and O–H groups in total. The molecule has 1 aromatic rings. The van der Waals surface area contributed by atoms with E-state index in [0.717, 1.165) is 0 Å². The van der Waals surface area contributed by atoms with Crippen molar-refractivity contribution in [2.24, 2.45) is 0 Å². The first-order valence-corrected chi connectivity index (χ1v) is 13.8. The van der Waals surface area contributed by atoms with Crippen molar-refractivity contribution in [3.63, 3.8) is 0 Å². The smallest absolute Gasteiger partial charge is 0.253 e. The molecule has 36 heavy (non-hydrogen) atoms. The molecule has 3 amide bonds. The Kier molecular flexibility index (Phi) is 12.9. The van der Waals surface area contributed by atoms with E-state index in [0.29, 0.717) is 7.14 Å². The van der Waals surface area contributed by atoms with Gasteiger partial charge in [0.1, 0.15) is 6.61 Å². The lowest BCUT2D eigenvalue weighted by molar-refractivity contribution is -0.125. The molecule has 4 atom stereocenters. The number of aliphatic hydroxyl groups excluding tert-OH is 6. The molecular formula is C20H26I3N3O10. The molecule has 0 bridgehead atoms. The number of hydrogen-bond donors (Lipinski definition) is 8. The Bertz CT molecular complexity index is 924. The third-order valence-electron chi connectivity index (χ3n) is 5.33. The summed E-state index contributed by atoms with van der Waals surface area (Å²) in [6, 6.07) is -2.42. The molecule has 1 saturated heterocycles. The summed E-state index contributed by atoms with van der Waals surface area (Å²) in [5.74, 6) is -1.96. The van der Waals surface area contributed by atoms with Gasteiger partial charge in [0.25, 0.3) is 17.7 Å². The molecule has 0 aromatic heterocycles. The van der Waals surface area contributed by atoms with Gasteiger partial charge in [-0.05, 0) is 67.8 Å². The fourth-order valence-electron chi connectivity index (χ4n) is 3.30. The Balaban J connectivity index is 2.68. The third kappa shape index (κ3) is 7.14. The molecule has 0 saturated carbocycles. The lowest BCUT2D eigenvalue weighted by Crippen LogP contribution is -2.49. The highest BCUT2D eigenvalue weighted by molar-refractivity contribution is 14.1. The van der Waals surface area contributed by atoms with Gasteiger partial charge in [-0.3, -0.25) is 14.4 Å². The molecule has 2 rings (SSSR count). The third-order valence-corrected chi connectivity index (χ3v) is 8.51. The average Bonchev–Trinajstić information content (AvgIpc) is 2.85. The van der Waals surface area contributed by atoms with Crippen molar-refractivity contribution in [3.8, 4) is 0 Å². The number of rotatable bonds is 11. The quantitative estimate of drug-likeness (QED) is 0.112. The highest BCUT2D eigenvalue weighted by atomic mass is 127. The van der Waals surface area contributed by atoms with Gasteiger partial charge < -0.3 is 50.9 Å². The van der Waals surface area contributed by atoms with Gasteiger partial charge in [-0.1, -0.05) is 0 Å². The normalized spacial score (nSPS) is 17.4. The molecule has 1 aliphatic heterocycles. The van der Waals surface area contributed by atoms with Crippen LogP contribution in [0.5, 0.6) is 0 Å². The summed E-state index contributed by atoms with van der Waals surface area (Å²) in [7, 11) is 0. The summed E-state index contributed by atoms with van der Waals surface area (Å²) in [6.07, 6.45) is -2.90. The van der Waals surface area contributed by atoms with E-state index in [1.54, 1.807) is 22.6 Å². The Morgan fingerprint density at radius 3 is 1.64 bits per heavy atom. The van der Waals surface area contributed by atoms with Crippen LogP contribution in [0.25, 0.3) is 0 Å². The maximum Gasteiger partial charge on any atom is 0.253 e. The molecule has 0 radical (unpaired) electrons. The standard InChI is InChI=1S/C20H26I3N3O10/c21-15-13(19(34)24-8(3-27)10(31)5-29)16(22)18(26-1-2-36-7-12(26)33)17(23)14(15)20(35)25-9(4-28)11(32)6-30/h8-11,27-32H,1-7H2,(H,24,34)(H,25,35). The number of benzene rings is 1. The van der Waals surface area contributed by atoms with Gasteiger partial charge in [-0.25, -0.2) is 0 Å². The number of morpholine rings is 1. The predicted molar refractivity (Wildman–Crippen MR) is 151 cm³/mol. The van der Waals surface area contributed by atoms with E-state index < -0.39 is 68.4 Å². The lowest BCUT2D eigenvalue weighted by Gasteiger charge is -2.31. The molecule has 1 aliphatic rings. The molecule has 13 nitrogen and oxygen atoms in total. The average molecular weight is 849 g/mol. The molecular weight excluding hydrogens is 823 g/mol. The topological polar surface area (TPSA) is 209 Å². The van der Waals surface area contributed by atoms with E-state index in [9.17, 15) is 45.0 Å². The van der Waals surface area contributed by atoms with Gasteiger partial charge in [0.15, 0.2) is 0 Å². The van der Waals surface area contributed by atoms with Crippen LogP contribution in [0.1, 0.15) is 20.7 Å². The molecule has 1 aromatic carbocycles. The van der Waals surface area contributed by atoms with Crippen LogP contribution in [-0.2, 0) is 9.53 Å². The second kappa shape index (κ2) is 14.6. The Morgan fingerprint density at radius 2 is 1.28 bits per heavy atom. The lowest BCUT2D eigenvalue weighted by atomic mass is 10.0. The summed E-state index contributed by atoms with van der Waals surface area (Å²) < 4.78 is 5.98. The Hall–Kier alpha value is -0.460. The first kappa shape index (κ1) is 31.8. The Morgan fingerprint density at radius 1 is 0.833 bits per heavy atom. The summed E-state index contributed by atoms with van der Waals surface area (Å²) in [6.45, 7) is -2.62. The van der Waals surface area contributed by atoms with Crippen LogP contribution in [0.3, 0.4) is 0 Å². The first-order valence-electron chi connectivity index (χ1n) is 10.5. The van der Waals surface area contributed by atoms with Gasteiger partial charge in [-0.2, -0.15) is 0 Å². The highest BCUT2D eigenvalue weighted by Crippen LogP contribution is 2.38. The zero-order valence-electron chi connectivity index (χ0n) is 18.7. The van der Waals surface area contributed by atoms with Crippen LogP contribution in [0.4, 0.5) is 5.69 Å². The van der Waals surface area contributed by atoms with E-state index in [-0.39, 0.29) is 40.1 Å². The van der Waals surface area contributed by atoms with E-state index in [1.807, 2.05) is 45.2 Å². The number of halogens is 3. The van der Waals surface area contributed by atoms with Gasteiger partial charge >= 0.3 is 0 Å². The Labute approximate surface area is 247 Å². The molecule has 1 heterocycles. The van der Waals surface area contributed by atoms with Crippen LogP contribution in [-0.4, -0.2) is 119 Å². The second-order valence-electron chi connectivity index (χ2n) is 7.66. The predicted octanol–water partition coefficient (Wildman–Crippen LogP) is -2.25. The van der Waals surface area contributed by atoms with Crippen molar-refractivity contribution in [1.82, 2.24) is 10.6 Å². The minimum Gasteiger partial charge on any atom is -0.394 e. The number of carbonyl (C=O) groups is 3. The highest BCUT2D eigenvalue weighted by Gasteiger charge is 2.35. The molecule has 0 aliphatic carbocycles. The summed E-state index contributed by atoms with van der Waals surface area (Å²) in [5.41, 5.74) is 0.220. The SMILES string of the molecule is O=C(NC(CO)C(O)CO)c1c(I)c(C(=O)NC(CO)C(O)CO)c(I)c(N2CCOCC2=O)c1I. The number of ether oxygens (including phenoxy) is 1. The van der Waals surface area contributed by atoms with Crippen molar-refractivity contribution in [2.75, 3.05) is 51.1 Å². The van der Waals surface area contributed by atoms with Crippen molar-refractivity contribution in [1.29, 1.82) is 0 Å². The zero-order chi connectivity index (χ0) is 27.2. The van der Waals surface area contributed by atoms with Crippen LogP contribution < -0.4 is 15.5 Å². The summed E-state index contributed by atoms with van der Waals surface area (Å²) in [5, 5.41) is 62.2. The fourth-order valence-corrected chi connectivity index (χ4v) is 8.03. The largest absolute Gasteiger partial charge is 0.394 e. The molecule has 0 spiro atoms. The number of amides is 3. The van der Waals surface area contributed by atoms with Gasteiger partial charge in [0, 0.05) is 10.1 Å². The maximum absolute atomic E-state index is 13.3. The first-order chi connectivity index (χ1) is 17.0. The van der Waals surface area contributed by atoms with E-state index in [1.165, 1.54) is 4.90 Å². The van der Waals surface area contributed by atoms with Crippen LogP contribution in [0.15, 0.2) is 0 Å². The van der Waals surface area contributed by atoms with Gasteiger partial charge in [0.05, 0.1) is 81.3 Å². The van der Waals surface area contributed by atoms with Crippen molar-refractivity contribution in [3.05, 3.63) is 21.8 Å². The van der Waals surface area contributed by atoms with E-state index >= 15 is 0 Å². The van der Waals surface area contributed by atoms with Crippen molar-refractivity contribution in [2.45, 2.75) is 24.3 Å². The van der Waals surface area contributed by atoms with Gasteiger partial charge in [-0.15, -0.1) is 0 Å². The van der Waals surface area contributed by atoms with Crippen LogP contribution in [0, 0.1) is 10.7 Å². The minimum atomic E-state index is -1.45. The van der Waals surface area contributed by atoms with Crippen LogP contribution >= 0.6 is 67.8 Å². The fraction of sp³-hybridized carbons (Fsp3) is 0.550. The van der Waals surface area contributed by atoms with Crippen molar-refractivity contribution >= 4 is 91.2 Å². The number of carbonyl (C=O) groups excluding carboxylic acids is 3. The number of nitrogens with zero attached hydrogens (tertiary/aromatic N) is 1. The summed E-state index contributed by atoms with van der Waals surface area (Å²) in [4.78, 5) is 40.7. The van der Waals surface area contributed by atoms with E-state index in [4.69, 9.17) is 4.74 Å². The zero-order valence-corrected chi connectivity index (χ0v) is 25.1. The van der Waals surface area contributed by atoms with E-state index in [2.05, 4.69) is 10.6 Å². The molecule has 16 heteroatoms. The summed E-state index contributed by atoms with van der Waals surface area (Å²) >= 11 is 5.52. The van der Waals surface area contributed by atoms with Crippen LogP contribution in [0.2, 0.25) is 0 Å². The number of aliphatic hydroxyl groups is 6. The number of hydrogen-bond acceptors (Lipinski definition) is 10. The van der Waals surface area contributed by atoms with Crippen molar-refractivity contribution < 1.29 is 49.8 Å². The minimum absolute atomic E-state index is 0.0251.